The molecule has 5 heteroatoms. The van der Waals surface area contributed by atoms with E-state index in [1.54, 1.807) is 6.92 Å². The lowest BCUT2D eigenvalue weighted by molar-refractivity contribution is 0.282. The highest BCUT2D eigenvalue weighted by atomic mass is 16.5. The van der Waals surface area contributed by atoms with Crippen LogP contribution < -0.4 is 4.90 Å². The smallest absolute Gasteiger partial charge is 0.223 e. The predicted octanol–water partition coefficient (Wildman–Crippen LogP) is 3.04. The molecule has 0 saturated carbocycles. The zero-order valence-electron chi connectivity index (χ0n) is 14.2. The quantitative estimate of drug-likeness (QED) is 0.776. The fraction of sp³-hybridized carbons (Fsp3) is 0.300. The number of aliphatic hydroxyl groups is 1. The van der Waals surface area contributed by atoms with Crippen LogP contribution in [-0.4, -0.2) is 21.3 Å². The van der Waals surface area contributed by atoms with Crippen molar-refractivity contribution in [2.75, 3.05) is 4.90 Å². The van der Waals surface area contributed by atoms with Gasteiger partial charge in [-0.1, -0.05) is 41.6 Å². The first-order valence-electron chi connectivity index (χ1n) is 8.55. The van der Waals surface area contributed by atoms with E-state index in [-0.39, 0.29) is 6.61 Å². The molecule has 2 aromatic carbocycles. The minimum absolute atomic E-state index is 0.0356. The van der Waals surface area contributed by atoms with Crippen LogP contribution >= 0.6 is 0 Å². The molecular weight excluding hydrogens is 314 g/mol. The number of benzene rings is 2. The van der Waals surface area contributed by atoms with Crippen molar-refractivity contribution in [3.63, 3.8) is 0 Å². The van der Waals surface area contributed by atoms with E-state index in [2.05, 4.69) is 45.4 Å². The number of fused-ring (bicyclic) bond motifs is 1. The predicted molar refractivity (Wildman–Crippen MR) is 95.2 cm³/mol. The van der Waals surface area contributed by atoms with Gasteiger partial charge in [-0.05, 0) is 41.7 Å². The number of aryl methyl sites for hydroxylation is 1. The molecule has 0 radical (unpaired) electrons. The molecule has 0 amide bonds. The van der Waals surface area contributed by atoms with Gasteiger partial charge < -0.3 is 14.5 Å². The summed E-state index contributed by atoms with van der Waals surface area (Å²) >= 11 is 0. The fourth-order valence-corrected chi connectivity index (χ4v) is 3.58. The molecule has 1 heterocycles. The van der Waals surface area contributed by atoms with E-state index in [1.165, 1.54) is 11.1 Å². The molecule has 5 nitrogen and oxygen atoms in total. The van der Waals surface area contributed by atoms with Crippen LogP contribution in [0.15, 0.2) is 53.1 Å². The molecule has 0 bridgehead atoms. The Morgan fingerprint density at radius 2 is 1.88 bits per heavy atom. The lowest BCUT2D eigenvalue weighted by Gasteiger charge is -2.30. The molecule has 0 fully saturated rings. The number of nitrogens with zero attached hydrogens (tertiary/aromatic N) is 3. The summed E-state index contributed by atoms with van der Waals surface area (Å²) in [5, 5.41) is 13.6. The first-order chi connectivity index (χ1) is 12.2. The highest BCUT2D eigenvalue weighted by Gasteiger charge is 2.28. The lowest BCUT2D eigenvalue weighted by Crippen LogP contribution is -2.36. The zero-order chi connectivity index (χ0) is 17.2. The van der Waals surface area contributed by atoms with Gasteiger partial charge in [-0.15, -0.1) is 0 Å². The lowest BCUT2D eigenvalue weighted by atomic mass is 10.1. The van der Waals surface area contributed by atoms with Gasteiger partial charge in [0.25, 0.3) is 0 Å². The molecule has 4 rings (SSSR count). The van der Waals surface area contributed by atoms with Crippen molar-refractivity contribution < 1.29 is 9.63 Å². The topological polar surface area (TPSA) is 62.4 Å². The third kappa shape index (κ3) is 3.28. The molecule has 1 aromatic heterocycles. The van der Waals surface area contributed by atoms with Crippen molar-refractivity contribution in [2.45, 2.75) is 39.0 Å². The van der Waals surface area contributed by atoms with E-state index >= 15 is 0 Å². The Morgan fingerprint density at radius 1 is 1.12 bits per heavy atom. The molecular formula is C20H21N3O2. The van der Waals surface area contributed by atoms with E-state index in [9.17, 15) is 5.11 Å². The van der Waals surface area contributed by atoms with Crippen molar-refractivity contribution in [1.82, 2.24) is 10.1 Å². The van der Waals surface area contributed by atoms with Gasteiger partial charge in [0, 0.05) is 18.7 Å². The Balaban J connectivity index is 1.66. The standard InChI is InChI=1S/C20H21N3O2/c1-14-21-20(22-25-14)12-23(18-8-4-5-15(9-18)13-24)19-10-16-6-2-3-7-17(16)11-19/h2-9,19,24H,10-13H2,1H3. The van der Waals surface area contributed by atoms with Crippen molar-refractivity contribution in [1.29, 1.82) is 0 Å². The van der Waals surface area contributed by atoms with Gasteiger partial charge in [0.2, 0.25) is 5.89 Å². The Kier molecular flexibility index (Phi) is 4.24. The number of aliphatic hydroxyl groups excluding tert-OH is 1. The van der Waals surface area contributed by atoms with E-state index in [0.717, 1.165) is 24.1 Å². The summed E-state index contributed by atoms with van der Waals surface area (Å²) in [5.74, 6) is 1.26. The highest BCUT2D eigenvalue weighted by molar-refractivity contribution is 5.51. The molecule has 25 heavy (non-hydrogen) atoms. The summed E-state index contributed by atoms with van der Waals surface area (Å²) in [6.07, 6.45) is 1.99. The van der Waals surface area contributed by atoms with Crippen molar-refractivity contribution >= 4 is 5.69 Å². The van der Waals surface area contributed by atoms with Crippen LogP contribution in [0.2, 0.25) is 0 Å². The molecule has 1 aliphatic rings. The summed E-state index contributed by atoms with van der Waals surface area (Å²) in [7, 11) is 0. The van der Waals surface area contributed by atoms with E-state index in [4.69, 9.17) is 4.52 Å². The molecule has 0 atom stereocenters. The average Bonchev–Trinajstić information content (AvgIpc) is 3.25. The first-order valence-corrected chi connectivity index (χ1v) is 8.55. The van der Waals surface area contributed by atoms with Crippen LogP contribution in [-0.2, 0) is 26.0 Å². The number of anilines is 1. The second-order valence-corrected chi connectivity index (χ2v) is 6.52. The molecule has 1 aliphatic carbocycles. The van der Waals surface area contributed by atoms with Crippen LogP contribution in [0.3, 0.4) is 0 Å². The van der Waals surface area contributed by atoms with Crippen LogP contribution in [0.1, 0.15) is 28.4 Å². The summed E-state index contributed by atoms with van der Waals surface area (Å²) in [4.78, 5) is 6.69. The summed E-state index contributed by atoms with van der Waals surface area (Å²) in [5.41, 5.74) is 4.79. The van der Waals surface area contributed by atoms with E-state index in [1.807, 2.05) is 18.2 Å². The largest absolute Gasteiger partial charge is 0.392 e. The SMILES string of the molecule is Cc1nc(CN(c2cccc(CO)c2)C2Cc3ccccc3C2)no1. The van der Waals surface area contributed by atoms with Crippen LogP contribution in [0, 0.1) is 6.92 Å². The number of aromatic nitrogens is 2. The third-order valence-electron chi connectivity index (χ3n) is 4.78. The second-order valence-electron chi connectivity index (χ2n) is 6.52. The van der Waals surface area contributed by atoms with Crippen LogP contribution in [0.4, 0.5) is 5.69 Å². The second kappa shape index (κ2) is 6.69. The van der Waals surface area contributed by atoms with Gasteiger partial charge >= 0.3 is 0 Å². The van der Waals surface area contributed by atoms with Crippen molar-refractivity contribution in [3.05, 3.63) is 76.9 Å². The Labute approximate surface area is 146 Å². The maximum Gasteiger partial charge on any atom is 0.223 e. The normalized spacial score (nSPS) is 13.8. The molecule has 128 valence electrons. The number of hydrogen-bond acceptors (Lipinski definition) is 5. The van der Waals surface area contributed by atoms with E-state index in [0.29, 0.717) is 24.3 Å². The minimum Gasteiger partial charge on any atom is -0.392 e. The Hall–Kier alpha value is -2.66. The molecule has 0 aliphatic heterocycles. The molecule has 0 unspecified atom stereocenters. The van der Waals surface area contributed by atoms with Crippen molar-refractivity contribution in [2.24, 2.45) is 0 Å². The van der Waals surface area contributed by atoms with Crippen LogP contribution in [0.25, 0.3) is 0 Å². The van der Waals surface area contributed by atoms with Gasteiger partial charge in [0.15, 0.2) is 5.82 Å². The zero-order valence-corrected chi connectivity index (χ0v) is 14.2. The van der Waals surface area contributed by atoms with Gasteiger partial charge in [-0.25, -0.2) is 0 Å². The summed E-state index contributed by atoms with van der Waals surface area (Å²) in [6, 6.07) is 17.0. The first kappa shape index (κ1) is 15.8. The molecule has 1 N–H and O–H groups in total. The monoisotopic (exact) mass is 335 g/mol. The van der Waals surface area contributed by atoms with Gasteiger partial charge in [0.05, 0.1) is 13.2 Å². The fourth-order valence-electron chi connectivity index (χ4n) is 3.58. The summed E-state index contributed by atoms with van der Waals surface area (Å²) < 4.78 is 5.14. The van der Waals surface area contributed by atoms with Crippen LogP contribution in [0.5, 0.6) is 0 Å². The highest BCUT2D eigenvalue weighted by Crippen LogP contribution is 2.30. The molecule has 3 aromatic rings. The number of hydrogen-bond donors (Lipinski definition) is 1. The Morgan fingerprint density at radius 3 is 2.52 bits per heavy atom. The van der Waals surface area contributed by atoms with E-state index < -0.39 is 0 Å². The molecule has 0 spiro atoms. The Bertz CT molecular complexity index is 850. The third-order valence-corrected chi connectivity index (χ3v) is 4.78. The average molecular weight is 335 g/mol. The van der Waals surface area contributed by atoms with Gasteiger partial charge in [-0.2, -0.15) is 4.98 Å². The van der Waals surface area contributed by atoms with Gasteiger partial charge in [-0.3, -0.25) is 0 Å². The van der Waals surface area contributed by atoms with Gasteiger partial charge in [0.1, 0.15) is 0 Å². The minimum atomic E-state index is 0.0356. The maximum absolute atomic E-state index is 9.49. The molecule has 0 saturated heterocycles. The number of rotatable bonds is 5. The maximum atomic E-state index is 9.49. The van der Waals surface area contributed by atoms with Crippen molar-refractivity contribution in [3.8, 4) is 0 Å². The summed E-state index contributed by atoms with van der Waals surface area (Å²) in [6.45, 7) is 2.43.